The monoisotopic (exact) mass is 282 g/mol. The first-order valence-electron chi connectivity index (χ1n) is 8.45. The molecule has 2 heterocycles. The molecule has 0 aromatic rings. The standard InChI is InChI=1S/C16H30N2O2/c1-19-11-12-20-15-13-18(14-5-9-17-10-6-14)16(15)7-3-2-4-8-16/h14-15,17H,2-13H2,1H3/t15-/m0/s1. The maximum absolute atomic E-state index is 6.15. The van der Waals surface area contributed by atoms with Crippen molar-refractivity contribution in [3.63, 3.8) is 0 Å². The van der Waals surface area contributed by atoms with E-state index in [1.165, 1.54) is 58.0 Å². The van der Waals surface area contributed by atoms with E-state index in [4.69, 9.17) is 9.47 Å². The molecule has 20 heavy (non-hydrogen) atoms. The molecule has 4 heteroatoms. The highest BCUT2D eigenvalue weighted by Crippen LogP contribution is 2.47. The molecule has 4 nitrogen and oxygen atoms in total. The van der Waals surface area contributed by atoms with E-state index in [1.54, 1.807) is 7.11 Å². The van der Waals surface area contributed by atoms with Crippen LogP contribution in [0.3, 0.4) is 0 Å². The average molecular weight is 282 g/mol. The lowest BCUT2D eigenvalue weighted by Gasteiger charge is -2.63. The lowest BCUT2D eigenvalue weighted by Crippen LogP contribution is -2.75. The topological polar surface area (TPSA) is 33.7 Å². The minimum absolute atomic E-state index is 0.369. The summed E-state index contributed by atoms with van der Waals surface area (Å²) in [5.41, 5.74) is 0.369. The molecule has 3 rings (SSSR count). The fourth-order valence-electron chi connectivity index (χ4n) is 4.49. The molecule has 3 fully saturated rings. The van der Waals surface area contributed by atoms with Crippen LogP contribution >= 0.6 is 0 Å². The van der Waals surface area contributed by atoms with E-state index in [2.05, 4.69) is 10.2 Å². The largest absolute Gasteiger partial charge is 0.382 e. The summed E-state index contributed by atoms with van der Waals surface area (Å²) in [6, 6.07) is 0.789. The number of ether oxygens (including phenoxy) is 2. The van der Waals surface area contributed by atoms with Gasteiger partial charge in [-0.2, -0.15) is 0 Å². The first-order valence-corrected chi connectivity index (χ1v) is 8.45. The number of nitrogens with one attached hydrogen (secondary N) is 1. The second kappa shape index (κ2) is 6.73. The Morgan fingerprint density at radius 1 is 1.10 bits per heavy atom. The molecule has 0 unspecified atom stereocenters. The number of hydrogen-bond acceptors (Lipinski definition) is 4. The van der Waals surface area contributed by atoms with Crippen molar-refractivity contribution >= 4 is 0 Å². The van der Waals surface area contributed by atoms with Crippen molar-refractivity contribution < 1.29 is 9.47 Å². The van der Waals surface area contributed by atoms with E-state index in [0.29, 0.717) is 11.6 Å². The van der Waals surface area contributed by atoms with Crippen LogP contribution in [0.4, 0.5) is 0 Å². The fourth-order valence-corrected chi connectivity index (χ4v) is 4.49. The predicted octanol–water partition coefficient (Wildman–Crippen LogP) is 1.79. The molecule has 2 aliphatic heterocycles. The van der Waals surface area contributed by atoms with Gasteiger partial charge in [-0.15, -0.1) is 0 Å². The third-order valence-corrected chi connectivity index (χ3v) is 5.61. The van der Waals surface area contributed by atoms with Crippen molar-refractivity contribution in [1.82, 2.24) is 10.2 Å². The second-order valence-electron chi connectivity index (χ2n) is 6.65. The molecule has 0 aromatic carbocycles. The van der Waals surface area contributed by atoms with Crippen molar-refractivity contribution in [2.75, 3.05) is 40.0 Å². The zero-order chi connectivity index (χ0) is 13.8. The van der Waals surface area contributed by atoms with E-state index < -0.39 is 0 Å². The maximum Gasteiger partial charge on any atom is 0.0886 e. The van der Waals surface area contributed by atoms with Gasteiger partial charge in [0.1, 0.15) is 0 Å². The van der Waals surface area contributed by atoms with E-state index in [9.17, 15) is 0 Å². The molecule has 1 atom stereocenters. The lowest BCUT2D eigenvalue weighted by atomic mass is 9.69. The van der Waals surface area contributed by atoms with Gasteiger partial charge in [-0.3, -0.25) is 4.90 Å². The first-order chi connectivity index (χ1) is 9.87. The van der Waals surface area contributed by atoms with Crippen LogP contribution < -0.4 is 5.32 Å². The zero-order valence-electron chi connectivity index (χ0n) is 12.9. The average Bonchev–Trinajstić information content (AvgIpc) is 2.52. The quantitative estimate of drug-likeness (QED) is 0.780. The zero-order valence-corrected chi connectivity index (χ0v) is 12.9. The molecule has 3 aliphatic rings. The third-order valence-electron chi connectivity index (χ3n) is 5.61. The Kier molecular flexibility index (Phi) is 4.97. The van der Waals surface area contributed by atoms with Crippen molar-refractivity contribution in [3.8, 4) is 0 Å². The molecule has 116 valence electrons. The lowest BCUT2D eigenvalue weighted by molar-refractivity contribution is -0.202. The van der Waals surface area contributed by atoms with Gasteiger partial charge in [0, 0.05) is 25.2 Å². The van der Waals surface area contributed by atoms with Crippen LogP contribution in [0.15, 0.2) is 0 Å². The highest BCUT2D eigenvalue weighted by molar-refractivity contribution is 5.11. The number of rotatable bonds is 5. The number of nitrogens with zero attached hydrogens (tertiary/aromatic N) is 1. The molecule has 1 aliphatic carbocycles. The summed E-state index contributed by atoms with van der Waals surface area (Å²) in [5.74, 6) is 0. The summed E-state index contributed by atoms with van der Waals surface area (Å²) in [5, 5.41) is 3.49. The molecular formula is C16H30N2O2. The normalized spacial score (nSPS) is 31.4. The van der Waals surface area contributed by atoms with Crippen LogP contribution in [0.1, 0.15) is 44.9 Å². The molecule has 0 aromatic heterocycles. The van der Waals surface area contributed by atoms with Crippen LogP contribution in [0.25, 0.3) is 0 Å². The SMILES string of the molecule is COCCO[C@H]1CN(C2CCNCC2)C12CCCCC2. The Morgan fingerprint density at radius 3 is 2.55 bits per heavy atom. The minimum atomic E-state index is 0.369. The molecular weight excluding hydrogens is 252 g/mol. The fraction of sp³-hybridized carbons (Fsp3) is 1.00. The van der Waals surface area contributed by atoms with Crippen LogP contribution in [-0.4, -0.2) is 62.5 Å². The number of methoxy groups -OCH3 is 1. The summed E-state index contributed by atoms with van der Waals surface area (Å²) < 4.78 is 11.3. The van der Waals surface area contributed by atoms with Gasteiger partial charge in [-0.05, 0) is 38.8 Å². The van der Waals surface area contributed by atoms with Crippen LogP contribution in [0.2, 0.25) is 0 Å². The summed E-state index contributed by atoms with van der Waals surface area (Å²) >= 11 is 0. The van der Waals surface area contributed by atoms with Gasteiger partial charge in [-0.25, -0.2) is 0 Å². The van der Waals surface area contributed by atoms with Gasteiger partial charge in [0.15, 0.2) is 0 Å². The molecule has 1 saturated carbocycles. The Morgan fingerprint density at radius 2 is 1.85 bits per heavy atom. The van der Waals surface area contributed by atoms with E-state index in [1.807, 2.05) is 0 Å². The van der Waals surface area contributed by atoms with Gasteiger partial charge >= 0.3 is 0 Å². The first kappa shape index (κ1) is 14.8. The summed E-state index contributed by atoms with van der Waals surface area (Å²) in [7, 11) is 1.75. The van der Waals surface area contributed by atoms with E-state index in [0.717, 1.165) is 25.8 Å². The van der Waals surface area contributed by atoms with Crippen molar-refractivity contribution in [2.45, 2.75) is 62.6 Å². The summed E-state index contributed by atoms with van der Waals surface area (Å²) in [4.78, 5) is 2.81. The molecule has 1 N–H and O–H groups in total. The van der Waals surface area contributed by atoms with E-state index >= 15 is 0 Å². The molecule has 0 radical (unpaired) electrons. The number of hydrogen-bond donors (Lipinski definition) is 1. The minimum Gasteiger partial charge on any atom is -0.382 e. The van der Waals surface area contributed by atoms with E-state index in [-0.39, 0.29) is 0 Å². The smallest absolute Gasteiger partial charge is 0.0886 e. The van der Waals surface area contributed by atoms with Crippen LogP contribution in [-0.2, 0) is 9.47 Å². The highest BCUT2D eigenvalue weighted by atomic mass is 16.5. The van der Waals surface area contributed by atoms with Gasteiger partial charge in [0.05, 0.1) is 19.3 Å². The maximum atomic E-state index is 6.15. The van der Waals surface area contributed by atoms with Gasteiger partial charge in [0.25, 0.3) is 0 Å². The molecule has 2 saturated heterocycles. The van der Waals surface area contributed by atoms with Crippen molar-refractivity contribution in [3.05, 3.63) is 0 Å². The Hall–Kier alpha value is -0.160. The Balaban J connectivity index is 1.62. The van der Waals surface area contributed by atoms with Crippen LogP contribution in [0, 0.1) is 0 Å². The van der Waals surface area contributed by atoms with Gasteiger partial charge in [-0.1, -0.05) is 19.3 Å². The Labute approximate surface area is 123 Å². The van der Waals surface area contributed by atoms with Gasteiger partial charge in [0.2, 0.25) is 0 Å². The van der Waals surface area contributed by atoms with Crippen molar-refractivity contribution in [1.29, 1.82) is 0 Å². The third kappa shape index (κ3) is 2.76. The molecule has 1 spiro atoms. The Bertz CT molecular complexity index is 299. The van der Waals surface area contributed by atoms with Crippen LogP contribution in [0.5, 0.6) is 0 Å². The predicted molar refractivity (Wildman–Crippen MR) is 80.0 cm³/mol. The summed E-state index contributed by atoms with van der Waals surface area (Å²) in [6.07, 6.45) is 9.93. The second-order valence-corrected chi connectivity index (χ2v) is 6.65. The summed E-state index contributed by atoms with van der Waals surface area (Å²) in [6.45, 7) is 5.00. The number of likely N-dealkylation sites (tertiary alicyclic amines) is 1. The van der Waals surface area contributed by atoms with Gasteiger partial charge < -0.3 is 14.8 Å². The number of piperidine rings is 1. The highest BCUT2D eigenvalue weighted by Gasteiger charge is 2.56. The molecule has 0 amide bonds. The molecule has 0 bridgehead atoms. The van der Waals surface area contributed by atoms with Crippen molar-refractivity contribution in [2.24, 2.45) is 0 Å².